The number of allylic oxidation sites excluding steroid dienone is 1. The molecule has 8 unspecified atom stereocenters. The third kappa shape index (κ3) is 10.4. The number of benzene rings is 2. The van der Waals surface area contributed by atoms with Crippen molar-refractivity contribution >= 4 is 29.8 Å². The zero-order chi connectivity index (χ0) is 45.6. The molecule has 8 atom stereocenters. The molecule has 1 saturated carbocycles. The molecule has 350 valence electrons. The van der Waals surface area contributed by atoms with Gasteiger partial charge < -0.3 is 39.4 Å². The van der Waals surface area contributed by atoms with E-state index in [4.69, 9.17) is 23.8 Å². The second kappa shape index (κ2) is 20.4. The molecule has 3 N–H and O–H groups in total. The maximum Gasteiger partial charge on any atom is 0.327 e. The van der Waals surface area contributed by atoms with Crippen LogP contribution in [0.1, 0.15) is 135 Å². The highest BCUT2D eigenvalue weighted by molar-refractivity contribution is 5.96. The number of phenols is 1. The summed E-state index contributed by atoms with van der Waals surface area (Å²) < 4.78 is 25.8. The number of rotatable bonds is 20. The number of hydrogen-bond acceptors (Lipinski definition) is 12. The number of esters is 2. The summed E-state index contributed by atoms with van der Waals surface area (Å²) in [5.41, 5.74) is 0.440. The fourth-order valence-electron chi connectivity index (χ4n) is 10.4. The van der Waals surface area contributed by atoms with E-state index in [-0.39, 0.29) is 44.0 Å². The van der Waals surface area contributed by atoms with Gasteiger partial charge in [0.2, 0.25) is 11.8 Å². The van der Waals surface area contributed by atoms with Gasteiger partial charge in [0.25, 0.3) is 0 Å². The standard InChI is InChI=1S/C50H69N3O11/c1-6-8-12-26-49(27-13-9-7-2)62-41-39-30-50(47(59)52-28-16-22-37(52)45(57)51-36(32-54)24-25-40(56)61-48(3,4)5)43(46(58)60-39)53(64-44(50)42(41)63-49)31-34-19-14-17-33(29-34)18-15-21-35-20-10-11-23-38(35)55/h10-11,14-15,17-20,23,29,36-37,39,41-44,54-55H,6-9,12-13,16,21-22,24-28,30-32H2,1-5H3,(H,51,57). The number of aliphatic hydroxyl groups excluding tert-OH is 1. The number of hydroxylamine groups is 2. The van der Waals surface area contributed by atoms with Crippen LogP contribution in [0.15, 0.2) is 54.6 Å². The first-order valence-corrected chi connectivity index (χ1v) is 23.7. The summed E-state index contributed by atoms with van der Waals surface area (Å²) >= 11 is 0. The zero-order valence-corrected chi connectivity index (χ0v) is 38.3. The van der Waals surface area contributed by atoms with Gasteiger partial charge in [0.05, 0.1) is 19.2 Å². The second-order valence-corrected chi connectivity index (χ2v) is 19.4. The molecule has 1 aliphatic carbocycles. The number of likely N-dealkylation sites (tertiary alicyclic amines) is 1. The molecular weight excluding hydrogens is 819 g/mol. The number of unbranched alkanes of at least 4 members (excludes halogenated alkanes) is 4. The smallest absolute Gasteiger partial charge is 0.327 e. The van der Waals surface area contributed by atoms with Crippen molar-refractivity contribution in [2.24, 2.45) is 5.41 Å². The van der Waals surface area contributed by atoms with E-state index in [1.165, 1.54) is 0 Å². The van der Waals surface area contributed by atoms with Gasteiger partial charge in [-0.2, -0.15) is 5.06 Å². The van der Waals surface area contributed by atoms with Crippen LogP contribution < -0.4 is 5.32 Å². The predicted molar refractivity (Wildman–Crippen MR) is 238 cm³/mol. The first-order chi connectivity index (χ1) is 30.7. The van der Waals surface area contributed by atoms with E-state index in [1.54, 1.807) is 42.9 Å². The van der Waals surface area contributed by atoms with Crippen LogP contribution in [0.3, 0.4) is 0 Å². The summed E-state index contributed by atoms with van der Waals surface area (Å²) in [5, 5.41) is 25.0. The number of phenolic OH excluding ortho intramolecular Hbond substituents is 1. The highest BCUT2D eigenvalue weighted by atomic mass is 16.8. The lowest BCUT2D eigenvalue weighted by atomic mass is 9.62. The van der Waals surface area contributed by atoms with Crippen molar-refractivity contribution in [2.45, 2.75) is 185 Å². The first kappa shape index (κ1) is 47.6. The largest absolute Gasteiger partial charge is 0.508 e. The van der Waals surface area contributed by atoms with Crippen LogP contribution in [-0.4, -0.2) is 111 Å². The highest BCUT2D eigenvalue weighted by Crippen LogP contribution is 2.59. The summed E-state index contributed by atoms with van der Waals surface area (Å²) in [6.07, 6.45) is 9.89. The molecule has 4 saturated heterocycles. The number of ether oxygens (including phenoxy) is 4. The van der Waals surface area contributed by atoms with Gasteiger partial charge in [-0.25, -0.2) is 0 Å². The minimum absolute atomic E-state index is 0.000322. The summed E-state index contributed by atoms with van der Waals surface area (Å²) in [7, 11) is 0. The van der Waals surface area contributed by atoms with Crippen LogP contribution in [0.4, 0.5) is 0 Å². The summed E-state index contributed by atoms with van der Waals surface area (Å²) in [4.78, 5) is 65.3. The molecular formula is C50H69N3O11. The maximum absolute atomic E-state index is 15.6. The molecule has 0 radical (unpaired) electrons. The summed E-state index contributed by atoms with van der Waals surface area (Å²) in [6.45, 7) is 9.70. The van der Waals surface area contributed by atoms with Crippen molar-refractivity contribution < 1.29 is 53.2 Å². The number of fused-ring (bicyclic) bond motifs is 4. The van der Waals surface area contributed by atoms with Gasteiger partial charge >= 0.3 is 11.9 Å². The van der Waals surface area contributed by atoms with Gasteiger partial charge in [0.15, 0.2) is 11.8 Å². The number of hydrogen-bond donors (Lipinski definition) is 3. The van der Waals surface area contributed by atoms with Crippen LogP contribution >= 0.6 is 0 Å². The van der Waals surface area contributed by atoms with E-state index in [0.29, 0.717) is 32.1 Å². The van der Waals surface area contributed by atoms with Gasteiger partial charge in [-0.1, -0.05) is 94.1 Å². The Morgan fingerprint density at radius 3 is 2.44 bits per heavy atom. The van der Waals surface area contributed by atoms with Crippen molar-refractivity contribution in [3.8, 4) is 5.75 Å². The molecule has 5 fully saturated rings. The van der Waals surface area contributed by atoms with Crippen LogP contribution in [0, 0.1) is 5.41 Å². The number of nitrogens with one attached hydrogen (secondary N) is 1. The Kier molecular flexibility index (Phi) is 15.2. The van der Waals surface area contributed by atoms with E-state index < -0.39 is 83.8 Å². The molecule has 2 amide bonds. The normalized spacial score (nSPS) is 27.7. The van der Waals surface area contributed by atoms with Crippen LogP contribution in [0.25, 0.3) is 6.08 Å². The number of aliphatic hydroxyl groups is 1. The molecule has 4 heterocycles. The van der Waals surface area contributed by atoms with Gasteiger partial charge in [0.1, 0.15) is 47.2 Å². The molecule has 2 bridgehead atoms. The Hall–Kier alpha value is -4.34. The van der Waals surface area contributed by atoms with Crippen molar-refractivity contribution in [1.29, 1.82) is 0 Å². The third-order valence-corrected chi connectivity index (χ3v) is 13.4. The third-order valence-electron chi connectivity index (χ3n) is 13.4. The molecule has 7 rings (SSSR count). The maximum atomic E-state index is 15.6. The van der Waals surface area contributed by atoms with Crippen LogP contribution in [-0.2, 0) is 55.9 Å². The van der Waals surface area contributed by atoms with E-state index in [2.05, 4.69) is 19.2 Å². The monoisotopic (exact) mass is 887 g/mol. The van der Waals surface area contributed by atoms with Gasteiger partial charge in [-0.05, 0) is 82.1 Å². The number of carbonyl (C=O) groups is 4. The van der Waals surface area contributed by atoms with Gasteiger partial charge in [-0.3, -0.25) is 24.0 Å². The van der Waals surface area contributed by atoms with Crippen molar-refractivity contribution in [1.82, 2.24) is 15.3 Å². The molecule has 14 nitrogen and oxygen atoms in total. The Labute approximate surface area is 377 Å². The fraction of sp³-hybridized carbons (Fsp3) is 0.640. The molecule has 0 spiro atoms. The lowest BCUT2D eigenvalue weighted by molar-refractivity contribution is -0.225. The molecule has 5 aliphatic rings. The Balaban J connectivity index is 1.17. The molecule has 0 aromatic heterocycles. The average Bonchev–Trinajstić information content (AvgIpc) is 3.99. The molecule has 64 heavy (non-hydrogen) atoms. The Bertz CT molecular complexity index is 1990. The minimum atomic E-state index is -1.46. The quantitative estimate of drug-likeness (QED) is 0.0953. The molecule has 4 aliphatic heterocycles. The van der Waals surface area contributed by atoms with Crippen molar-refractivity contribution in [3.05, 3.63) is 71.3 Å². The van der Waals surface area contributed by atoms with E-state index in [1.807, 2.05) is 48.6 Å². The average molecular weight is 888 g/mol. The van der Waals surface area contributed by atoms with Gasteiger partial charge in [-0.15, -0.1) is 0 Å². The van der Waals surface area contributed by atoms with Crippen LogP contribution in [0.2, 0.25) is 0 Å². The fourth-order valence-corrected chi connectivity index (χ4v) is 10.4. The van der Waals surface area contributed by atoms with E-state index in [9.17, 15) is 24.6 Å². The number of nitrogens with zero attached hydrogens (tertiary/aromatic N) is 2. The predicted octanol–water partition coefficient (Wildman–Crippen LogP) is 6.68. The summed E-state index contributed by atoms with van der Waals surface area (Å²) in [6, 6.07) is 12.3. The van der Waals surface area contributed by atoms with E-state index in [0.717, 1.165) is 55.2 Å². The van der Waals surface area contributed by atoms with E-state index >= 15 is 4.79 Å². The van der Waals surface area contributed by atoms with Gasteiger partial charge in [0, 0.05) is 32.2 Å². The van der Waals surface area contributed by atoms with Crippen molar-refractivity contribution in [3.63, 3.8) is 0 Å². The molecule has 14 heteroatoms. The summed E-state index contributed by atoms with van der Waals surface area (Å²) in [5.74, 6) is -2.50. The molecule has 2 aromatic rings. The highest BCUT2D eigenvalue weighted by Gasteiger charge is 2.77. The number of amides is 2. The minimum Gasteiger partial charge on any atom is -0.508 e. The number of para-hydroxylation sites is 1. The van der Waals surface area contributed by atoms with Crippen molar-refractivity contribution in [2.75, 3.05) is 13.2 Å². The van der Waals surface area contributed by atoms with Crippen LogP contribution in [0.5, 0.6) is 5.75 Å². The lowest BCUT2D eigenvalue weighted by Gasteiger charge is -2.50. The topological polar surface area (TPSA) is 173 Å². The Morgan fingerprint density at radius 1 is 1.00 bits per heavy atom. The zero-order valence-electron chi connectivity index (χ0n) is 38.3. The second-order valence-electron chi connectivity index (χ2n) is 19.4. The first-order valence-electron chi connectivity index (χ1n) is 23.7. The SMILES string of the molecule is CCCCCC1(CCCCC)OC2C3CC4(C(=O)N5CCCC5C(=O)NC(CO)CCC(=O)OC(C)(C)C)C(ON(Cc5cccc(C=CCc6ccccc6O)c5)C4C(=O)O3)C2O1. The number of carbonyl (C=O) groups excluding carboxylic acids is 4. The number of aromatic hydroxyl groups is 1. The Morgan fingerprint density at radius 2 is 1.73 bits per heavy atom. The lowest BCUT2D eigenvalue weighted by Crippen LogP contribution is -2.70. The molecule has 2 aromatic carbocycles.